The van der Waals surface area contributed by atoms with Crippen molar-refractivity contribution in [3.05, 3.63) is 35.5 Å². The predicted molar refractivity (Wildman–Crippen MR) is 79.6 cm³/mol. The van der Waals surface area contributed by atoms with Crippen molar-refractivity contribution < 1.29 is 4.74 Å². The molecule has 0 bridgehead atoms. The van der Waals surface area contributed by atoms with Gasteiger partial charge in [0.2, 0.25) is 0 Å². The summed E-state index contributed by atoms with van der Waals surface area (Å²) in [6.07, 6.45) is 0.910. The fourth-order valence-corrected chi connectivity index (χ4v) is 2.28. The van der Waals surface area contributed by atoms with Gasteiger partial charge in [0, 0.05) is 11.1 Å². The van der Waals surface area contributed by atoms with E-state index in [-0.39, 0.29) is 0 Å². The van der Waals surface area contributed by atoms with Crippen LogP contribution in [0.5, 0.6) is 5.75 Å². The third-order valence-corrected chi connectivity index (χ3v) is 3.32. The summed E-state index contributed by atoms with van der Waals surface area (Å²) in [5.41, 5.74) is 8.99. The van der Waals surface area contributed by atoms with Crippen LogP contribution in [0.25, 0.3) is 10.9 Å². The van der Waals surface area contributed by atoms with Gasteiger partial charge >= 0.3 is 0 Å². The van der Waals surface area contributed by atoms with Gasteiger partial charge in [0.25, 0.3) is 0 Å². The highest BCUT2D eigenvalue weighted by molar-refractivity contribution is 5.87. The Hall–Kier alpha value is -1.61. The van der Waals surface area contributed by atoms with Crippen molar-refractivity contribution in [2.24, 2.45) is 11.7 Å². The number of ether oxygens (including phenoxy) is 1. The number of nitrogens with two attached hydrogens (primary N) is 1. The molecule has 2 rings (SSSR count). The number of fused-ring (bicyclic) bond motifs is 1. The topological polar surface area (TPSA) is 48.1 Å². The van der Waals surface area contributed by atoms with Crippen LogP contribution in [0.3, 0.4) is 0 Å². The van der Waals surface area contributed by atoms with Crippen LogP contribution in [0, 0.1) is 12.8 Å². The molecule has 0 spiro atoms. The Morgan fingerprint density at radius 3 is 2.84 bits per heavy atom. The number of benzene rings is 1. The Morgan fingerprint density at radius 1 is 1.37 bits per heavy atom. The first-order chi connectivity index (χ1) is 9.15. The smallest absolute Gasteiger partial charge is 0.145 e. The van der Waals surface area contributed by atoms with Crippen LogP contribution in [0.15, 0.2) is 24.3 Å². The van der Waals surface area contributed by atoms with Gasteiger partial charge in [-0.2, -0.15) is 0 Å². The number of rotatable bonds is 5. The average molecular weight is 258 g/mol. The monoisotopic (exact) mass is 258 g/mol. The van der Waals surface area contributed by atoms with Crippen LogP contribution in [0.1, 0.15) is 25.1 Å². The summed E-state index contributed by atoms with van der Waals surface area (Å²) in [7, 11) is 0. The summed E-state index contributed by atoms with van der Waals surface area (Å²) in [5, 5.41) is 1.16. The molecule has 0 saturated heterocycles. The van der Waals surface area contributed by atoms with Crippen LogP contribution in [-0.2, 0) is 6.42 Å². The van der Waals surface area contributed by atoms with Crippen molar-refractivity contribution in [1.29, 1.82) is 0 Å². The third-order valence-electron chi connectivity index (χ3n) is 3.32. The van der Waals surface area contributed by atoms with Crippen LogP contribution in [0.2, 0.25) is 0 Å². The maximum atomic E-state index is 5.70. The fraction of sp³-hybridized carbons (Fsp3) is 0.438. The lowest BCUT2D eigenvalue weighted by Crippen LogP contribution is -2.14. The number of para-hydroxylation sites is 1. The number of hydrogen-bond donors (Lipinski definition) is 1. The van der Waals surface area contributed by atoms with Gasteiger partial charge in [0.05, 0.1) is 6.61 Å². The van der Waals surface area contributed by atoms with Crippen molar-refractivity contribution in [3.8, 4) is 5.75 Å². The van der Waals surface area contributed by atoms with Gasteiger partial charge in [-0.25, -0.2) is 4.98 Å². The second kappa shape index (κ2) is 6.02. The highest BCUT2D eigenvalue weighted by atomic mass is 16.5. The van der Waals surface area contributed by atoms with E-state index in [0.29, 0.717) is 19.1 Å². The Bertz CT molecular complexity index is 566. The molecule has 1 aromatic carbocycles. The molecule has 0 aliphatic rings. The van der Waals surface area contributed by atoms with Gasteiger partial charge in [-0.15, -0.1) is 0 Å². The summed E-state index contributed by atoms with van der Waals surface area (Å²) in [4.78, 5) is 4.76. The Kier molecular flexibility index (Phi) is 4.38. The fourth-order valence-electron chi connectivity index (χ4n) is 2.28. The molecule has 0 saturated carbocycles. The van der Waals surface area contributed by atoms with Crippen LogP contribution in [0.4, 0.5) is 0 Å². The largest absolute Gasteiger partial charge is 0.492 e. The van der Waals surface area contributed by atoms with Gasteiger partial charge in [0.1, 0.15) is 11.3 Å². The van der Waals surface area contributed by atoms with Gasteiger partial charge in [-0.3, -0.25) is 0 Å². The van der Waals surface area contributed by atoms with E-state index in [2.05, 4.69) is 26.0 Å². The van der Waals surface area contributed by atoms with Crippen molar-refractivity contribution in [2.45, 2.75) is 27.2 Å². The molecule has 0 fully saturated rings. The molecule has 102 valence electrons. The Labute approximate surface area is 114 Å². The van der Waals surface area contributed by atoms with E-state index >= 15 is 0 Å². The molecule has 2 aromatic rings. The third kappa shape index (κ3) is 3.04. The normalized spacial score (nSPS) is 12.6. The molecule has 0 aliphatic carbocycles. The molecule has 1 atom stereocenters. The average Bonchev–Trinajstić information content (AvgIpc) is 2.40. The molecule has 3 nitrogen and oxygen atoms in total. The molecule has 0 aliphatic heterocycles. The predicted octanol–water partition coefficient (Wildman–Crippen LogP) is 3.08. The van der Waals surface area contributed by atoms with Crippen LogP contribution < -0.4 is 10.5 Å². The lowest BCUT2D eigenvalue weighted by atomic mass is 10.0. The van der Waals surface area contributed by atoms with Crippen molar-refractivity contribution >= 4 is 10.9 Å². The minimum absolute atomic E-state index is 0.448. The lowest BCUT2D eigenvalue weighted by Gasteiger charge is -2.12. The Balaban J connectivity index is 2.49. The summed E-state index contributed by atoms with van der Waals surface area (Å²) in [5.74, 6) is 1.31. The van der Waals surface area contributed by atoms with E-state index in [1.807, 2.05) is 19.1 Å². The molecule has 1 unspecified atom stereocenters. The number of aryl methyl sites for hydroxylation is 1. The minimum atomic E-state index is 0.448. The van der Waals surface area contributed by atoms with E-state index in [4.69, 9.17) is 15.5 Å². The first-order valence-corrected chi connectivity index (χ1v) is 6.87. The second-order valence-corrected chi connectivity index (χ2v) is 5.06. The van der Waals surface area contributed by atoms with Crippen LogP contribution >= 0.6 is 0 Å². The molecule has 19 heavy (non-hydrogen) atoms. The highest BCUT2D eigenvalue weighted by Gasteiger charge is 2.09. The van der Waals surface area contributed by atoms with E-state index < -0.39 is 0 Å². The summed E-state index contributed by atoms with van der Waals surface area (Å²) < 4.78 is 5.67. The van der Waals surface area contributed by atoms with E-state index in [1.165, 1.54) is 5.56 Å². The molecular formula is C16H22N2O. The molecule has 2 N–H and O–H groups in total. The number of hydrogen-bond acceptors (Lipinski definition) is 3. The van der Waals surface area contributed by atoms with Crippen molar-refractivity contribution in [3.63, 3.8) is 0 Å². The minimum Gasteiger partial charge on any atom is -0.492 e. The van der Waals surface area contributed by atoms with Crippen molar-refractivity contribution in [1.82, 2.24) is 4.98 Å². The van der Waals surface area contributed by atoms with Crippen LogP contribution in [-0.4, -0.2) is 18.1 Å². The zero-order valence-corrected chi connectivity index (χ0v) is 11.9. The summed E-state index contributed by atoms with van der Waals surface area (Å²) in [6, 6.07) is 8.25. The maximum Gasteiger partial charge on any atom is 0.145 e. The molecule has 0 radical (unpaired) electrons. The SMILES string of the molecule is CCOc1cccc2c(C)cc(CC(C)CN)nc12. The molecule has 1 heterocycles. The molecule has 1 aromatic heterocycles. The summed E-state index contributed by atoms with van der Waals surface area (Å²) >= 11 is 0. The lowest BCUT2D eigenvalue weighted by molar-refractivity contribution is 0.343. The summed E-state index contributed by atoms with van der Waals surface area (Å²) in [6.45, 7) is 7.60. The Morgan fingerprint density at radius 2 is 2.16 bits per heavy atom. The van der Waals surface area contributed by atoms with E-state index in [0.717, 1.165) is 28.8 Å². The van der Waals surface area contributed by atoms with Gasteiger partial charge < -0.3 is 10.5 Å². The van der Waals surface area contributed by atoms with E-state index in [1.54, 1.807) is 0 Å². The molecule has 3 heteroatoms. The quantitative estimate of drug-likeness (QED) is 0.896. The number of aromatic nitrogens is 1. The second-order valence-electron chi connectivity index (χ2n) is 5.06. The first-order valence-electron chi connectivity index (χ1n) is 6.87. The van der Waals surface area contributed by atoms with Gasteiger partial charge in [-0.05, 0) is 50.4 Å². The van der Waals surface area contributed by atoms with Gasteiger partial charge in [-0.1, -0.05) is 19.1 Å². The number of pyridine rings is 1. The maximum absolute atomic E-state index is 5.70. The zero-order chi connectivity index (χ0) is 13.8. The standard InChI is InChI=1S/C16H22N2O/c1-4-19-15-7-5-6-14-12(3)9-13(18-16(14)15)8-11(2)10-17/h5-7,9,11H,4,8,10,17H2,1-3H3. The number of nitrogens with zero attached hydrogens (tertiary/aromatic N) is 1. The zero-order valence-electron chi connectivity index (χ0n) is 11.9. The van der Waals surface area contributed by atoms with Gasteiger partial charge in [0.15, 0.2) is 0 Å². The first kappa shape index (κ1) is 13.8. The highest BCUT2D eigenvalue weighted by Crippen LogP contribution is 2.27. The van der Waals surface area contributed by atoms with E-state index in [9.17, 15) is 0 Å². The molecular weight excluding hydrogens is 236 g/mol. The van der Waals surface area contributed by atoms with Crippen molar-refractivity contribution in [2.75, 3.05) is 13.2 Å². The molecule has 0 amide bonds.